The molecule has 0 radical (unpaired) electrons. The maximum Gasteiger partial charge on any atom is 0.246 e. The Balaban J connectivity index is 3.30. The lowest BCUT2D eigenvalue weighted by molar-refractivity contribution is -0.127. The van der Waals surface area contributed by atoms with Gasteiger partial charge in [0.25, 0.3) is 0 Å². The molecule has 0 rings (SSSR count). The highest BCUT2D eigenvalue weighted by molar-refractivity contribution is 5.78. The van der Waals surface area contributed by atoms with Gasteiger partial charge in [0.15, 0.2) is 0 Å². The van der Waals surface area contributed by atoms with E-state index in [1.165, 1.54) is 0 Å². The lowest BCUT2D eigenvalue weighted by atomic mass is 9.90. The zero-order valence-electron chi connectivity index (χ0n) is 19.0. The van der Waals surface area contributed by atoms with E-state index in [1.54, 1.807) is 0 Å². The lowest BCUT2D eigenvalue weighted by Crippen LogP contribution is -2.36. The molecule has 2 amide bonds. The molecule has 0 fully saturated rings. The third kappa shape index (κ3) is 17.4. The third-order valence-corrected chi connectivity index (χ3v) is 4.68. The number of rotatable bonds is 19. The van der Waals surface area contributed by atoms with Crippen molar-refractivity contribution in [1.29, 1.82) is 0 Å². The summed E-state index contributed by atoms with van der Waals surface area (Å²) in [5, 5.41) is 5.70. The Bertz CT molecular complexity index is 431. The van der Waals surface area contributed by atoms with Crippen LogP contribution in [0.15, 0.2) is 0 Å². The predicted molar refractivity (Wildman–Crippen MR) is 113 cm³/mol. The second-order valence-corrected chi connectivity index (χ2v) is 7.78. The van der Waals surface area contributed by atoms with Crippen molar-refractivity contribution >= 4 is 11.8 Å². The molecular formula is C21H42N2O6. The maximum atomic E-state index is 11.7. The van der Waals surface area contributed by atoms with Crippen LogP contribution < -0.4 is 10.6 Å². The molecule has 0 saturated heterocycles. The van der Waals surface area contributed by atoms with Gasteiger partial charge >= 0.3 is 0 Å². The molecule has 1 unspecified atom stereocenters. The van der Waals surface area contributed by atoms with Crippen molar-refractivity contribution in [3.8, 4) is 0 Å². The summed E-state index contributed by atoms with van der Waals surface area (Å²) >= 11 is 0. The van der Waals surface area contributed by atoms with Crippen LogP contribution in [0.5, 0.6) is 0 Å². The Morgan fingerprint density at radius 1 is 0.828 bits per heavy atom. The molecule has 0 bridgehead atoms. The van der Waals surface area contributed by atoms with E-state index in [-0.39, 0.29) is 29.8 Å². The fraction of sp³-hybridized carbons (Fsp3) is 0.905. The number of ether oxygens (including phenoxy) is 4. The van der Waals surface area contributed by atoms with E-state index in [9.17, 15) is 9.59 Å². The van der Waals surface area contributed by atoms with Crippen LogP contribution in [-0.2, 0) is 28.5 Å². The van der Waals surface area contributed by atoms with Crippen molar-refractivity contribution in [2.45, 2.75) is 47.5 Å². The molecule has 0 aliphatic carbocycles. The number of amides is 2. The van der Waals surface area contributed by atoms with E-state index in [2.05, 4.69) is 31.4 Å². The highest BCUT2D eigenvalue weighted by Gasteiger charge is 2.15. The second kappa shape index (κ2) is 17.6. The molecule has 8 nitrogen and oxygen atoms in total. The number of nitrogens with one attached hydrogen (secondary N) is 2. The van der Waals surface area contributed by atoms with Gasteiger partial charge in [0, 0.05) is 19.0 Å². The number of carbonyl (C=O) groups is 2. The molecule has 0 aromatic heterocycles. The minimum Gasteiger partial charge on any atom is -0.377 e. The smallest absolute Gasteiger partial charge is 0.246 e. The topological polar surface area (TPSA) is 95.1 Å². The quantitative estimate of drug-likeness (QED) is 0.311. The number of hydrogen-bond acceptors (Lipinski definition) is 6. The van der Waals surface area contributed by atoms with Gasteiger partial charge in [-0.05, 0) is 18.3 Å². The Labute approximate surface area is 176 Å². The Kier molecular flexibility index (Phi) is 16.9. The zero-order valence-corrected chi connectivity index (χ0v) is 19.0. The largest absolute Gasteiger partial charge is 0.377 e. The Hall–Kier alpha value is -1.22. The predicted octanol–water partition coefficient (Wildman–Crippen LogP) is 1.77. The van der Waals surface area contributed by atoms with Gasteiger partial charge in [0.2, 0.25) is 11.8 Å². The van der Waals surface area contributed by atoms with Crippen LogP contribution in [0.1, 0.15) is 47.5 Å². The molecule has 8 heteroatoms. The molecule has 172 valence electrons. The van der Waals surface area contributed by atoms with Gasteiger partial charge < -0.3 is 29.6 Å². The van der Waals surface area contributed by atoms with E-state index in [0.717, 1.165) is 12.8 Å². The monoisotopic (exact) mass is 418 g/mol. The van der Waals surface area contributed by atoms with Crippen molar-refractivity contribution in [1.82, 2.24) is 10.6 Å². The third-order valence-electron chi connectivity index (χ3n) is 4.68. The summed E-state index contributed by atoms with van der Waals surface area (Å²) < 4.78 is 21.5. The summed E-state index contributed by atoms with van der Waals surface area (Å²) in [5.74, 6) is 0.00272. The molecule has 0 aromatic rings. The Morgan fingerprint density at radius 3 is 1.86 bits per heavy atom. The number of hydrogen-bond donors (Lipinski definition) is 2. The van der Waals surface area contributed by atoms with Crippen molar-refractivity contribution < 1.29 is 28.5 Å². The van der Waals surface area contributed by atoms with Gasteiger partial charge in [0.1, 0.15) is 6.61 Å². The summed E-state index contributed by atoms with van der Waals surface area (Å²) in [6, 6.07) is 0. The summed E-state index contributed by atoms with van der Waals surface area (Å²) in [6.07, 6.45) is 1.84. The fourth-order valence-corrected chi connectivity index (χ4v) is 1.94. The average molecular weight is 419 g/mol. The molecule has 0 aliphatic heterocycles. The maximum absolute atomic E-state index is 11.7. The van der Waals surface area contributed by atoms with Gasteiger partial charge in [-0.25, -0.2) is 0 Å². The molecule has 0 heterocycles. The lowest BCUT2D eigenvalue weighted by Gasteiger charge is -2.22. The van der Waals surface area contributed by atoms with Crippen molar-refractivity contribution in [2.75, 3.05) is 65.9 Å². The first kappa shape index (κ1) is 27.8. The first-order valence-electron chi connectivity index (χ1n) is 10.7. The molecule has 2 N–H and O–H groups in total. The van der Waals surface area contributed by atoms with Crippen LogP contribution in [0.2, 0.25) is 0 Å². The summed E-state index contributed by atoms with van der Waals surface area (Å²) in [7, 11) is 0. The van der Waals surface area contributed by atoms with Crippen LogP contribution in [-0.4, -0.2) is 77.8 Å². The van der Waals surface area contributed by atoms with E-state index in [0.29, 0.717) is 59.3 Å². The first-order valence-corrected chi connectivity index (χ1v) is 10.7. The molecule has 0 aliphatic rings. The second-order valence-electron chi connectivity index (χ2n) is 7.78. The van der Waals surface area contributed by atoms with Gasteiger partial charge in [0.05, 0.1) is 46.2 Å². The summed E-state index contributed by atoms with van der Waals surface area (Å²) in [6.45, 7) is 14.6. The van der Waals surface area contributed by atoms with Crippen molar-refractivity contribution in [2.24, 2.45) is 11.3 Å². The molecule has 29 heavy (non-hydrogen) atoms. The summed E-state index contributed by atoms with van der Waals surface area (Å²) in [5.41, 5.74) is 0.104. The standard InChI is InChI=1S/C21H42N2O6/c1-6-18(3)20(25)22-8-9-26-10-11-27-12-13-28-14-15-29-16-19(24)23-17-21(4,5)7-2/h18H,6-17H2,1-5H3,(H,22,25)(H,23,24). The molecule has 0 aromatic carbocycles. The average Bonchev–Trinajstić information content (AvgIpc) is 2.71. The van der Waals surface area contributed by atoms with Gasteiger partial charge in [-0.15, -0.1) is 0 Å². The van der Waals surface area contributed by atoms with E-state index in [1.807, 2.05) is 13.8 Å². The molecule has 0 spiro atoms. The highest BCUT2D eigenvalue weighted by Crippen LogP contribution is 2.17. The fourth-order valence-electron chi connectivity index (χ4n) is 1.94. The zero-order chi connectivity index (χ0) is 22.0. The Morgan fingerprint density at radius 2 is 1.34 bits per heavy atom. The van der Waals surface area contributed by atoms with Crippen LogP contribution in [0, 0.1) is 11.3 Å². The van der Waals surface area contributed by atoms with Crippen LogP contribution in [0.3, 0.4) is 0 Å². The van der Waals surface area contributed by atoms with E-state index < -0.39 is 0 Å². The summed E-state index contributed by atoms with van der Waals surface area (Å²) in [4.78, 5) is 23.2. The minimum atomic E-state index is -0.103. The van der Waals surface area contributed by atoms with Gasteiger partial charge in [-0.2, -0.15) is 0 Å². The molecular weight excluding hydrogens is 376 g/mol. The normalized spacial score (nSPS) is 12.6. The van der Waals surface area contributed by atoms with Crippen LogP contribution in [0.25, 0.3) is 0 Å². The van der Waals surface area contributed by atoms with Crippen LogP contribution in [0.4, 0.5) is 0 Å². The SMILES string of the molecule is CCC(C)C(=O)NCCOCCOCCOCCOCC(=O)NCC(C)(C)CC. The van der Waals surface area contributed by atoms with Crippen molar-refractivity contribution in [3.05, 3.63) is 0 Å². The number of carbonyl (C=O) groups excluding carboxylic acids is 2. The van der Waals surface area contributed by atoms with Gasteiger partial charge in [-0.1, -0.05) is 34.6 Å². The van der Waals surface area contributed by atoms with E-state index >= 15 is 0 Å². The first-order chi connectivity index (χ1) is 13.8. The minimum absolute atomic E-state index is 0.0408. The van der Waals surface area contributed by atoms with Crippen molar-refractivity contribution in [3.63, 3.8) is 0 Å². The van der Waals surface area contributed by atoms with Crippen LogP contribution >= 0.6 is 0 Å². The van der Waals surface area contributed by atoms with Gasteiger partial charge in [-0.3, -0.25) is 9.59 Å². The molecule has 1 atom stereocenters. The van der Waals surface area contributed by atoms with E-state index in [4.69, 9.17) is 18.9 Å². The highest BCUT2D eigenvalue weighted by atomic mass is 16.6. The molecule has 0 saturated carbocycles.